The molecule has 0 heterocycles. The van der Waals surface area contributed by atoms with Crippen LogP contribution in [0.15, 0.2) is 0 Å². The van der Waals surface area contributed by atoms with Gasteiger partial charge in [0.15, 0.2) is 0 Å². The van der Waals surface area contributed by atoms with Gasteiger partial charge in [-0.15, -0.1) is 0 Å². The zero-order valence-corrected chi connectivity index (χ0v) is 10.8. The fraction of sp³-hybridized carbons (Fsp3) is 0.800. The second-order valence-corrected chi connectivity index (χ2v) is 4.21. The van der Waals surface area contributed by atoms with E-state index in [4.69, 9.17) is 0 Å². The van der Waals surface area contributed by atoms with Crippen LogP contribution in [0.25, 0.3) is 0 Å². The van der Waals surface area contributed by atoms with Crippen LogP contribution < -0.4 is 0 Å². The minimum atomic E-state index is -0.362. The van der Waals surface area contributed by atoms with Crippen molar-refractivity contribution in [2.45, 2.75) is 26.0 Å². The van der Waals surface area contributed by atoms with Gasteiger partial charge in [0, 0.05) is 20.1 Å². The highest BCUT2D eigenvalue weighted by Crippen LogP contribution is 2.00. The van der Waals surface area contributed by atoms with Crippen molar-refractivity contribution in [2.24, 2.45) is 0 Å². The minimum Gasteiger partial charge on any atom is -0.342 e. The fourth-order valence-electron chi connectivity index (χ4n) is 1.28. The van der Waals surface area contributed by atoms with E-state index in [0.717, 1.165) is 0 Å². The molecule has 0 saturated heterocycles. The van der Waals surface area contributed by atoms with Crippen molar-refractivity contribution in [3.8, 4) is 0 Å². The minimum absolute atomic E-state index is 0.0233. The van der Waals surface area contributed by atoms with Crippen molar-refractivity contribution < 1.29 is 9.59 Å². The van der Waals surface area contributed by atoms with Crippen molar-refractivity contribution >= 4 is 24.4 Å². The first kappa shape index (κ1) is 14.3. The van der Waals surface area contributed by atoms with Gasteiger partial charge in [0.1, 0.15) is 0 Å². The molecule has 4 nitrogen and oxygen atoms in total. The molecule has 0 N–H and O–H groups in total. The Kier molecular flexibility index (Phi) is 6.40. The van der Waals surface area contributed by atoms with Crippen molar-refractivity contribution in [3.05, 3.63) is 0 Å². The van der Waals surface area contributed by atoms with Crippen LogP contribution in [-0.2, 0) is 9.59 Å². The summed E-state index contributed by atoms with van der Waals surface area (Å²) in [6.07, 6.45) is 0. The van der Waals surface area contributed by atoms with Crippen molar-refractivity contribution in [1.29, 1.82) is 0 Å². The lowest BCUT2D eigenvalue weighted by Gasteiger charge is -2.23. The van der Waals surface area contributed by atoms with Crippen LogP contribution in [-0.4, -0.2) is 53.5 Å². The van der Waals surface area contributed by atoms with Gasteiger partial charge in [0.2, 0.25) is 11.8 Å². The number of hydrogen-bond donors (Lipinski definition) is 1. The number of rotatable bonds is 5. The number of hydrogen-bond acceptors (Lipinski definition) is 3. The zero-order chi connectivity index (χ0) is 12.0. The number of likely N-dealkylation sites (N-methyl/N-ethyl adjacent to an activating group) is 2. The molecular weight excluding hydrogens is 212 g/mol. The summed E-state index contributed by atoms with van der Waals surface area (Å²) in [5.74, 6) is -0.149. The summed E-state index contributed by atoms with van der Waals surface area (Å²) >= 11 is 4.04. The second kappa shape index (κ2) is 6.71. The van der Waals surface area contributed by atoms with E-state index in [2.05, 4.69) is 12.6 Å². The maximum Gasteiger partial charge on any atom is 0.242 e. The van der Waals surface area contributed by atoms with Gasteiger partial charge in [-0.2, -0.15) is 12.6 Å². The molecule has 0 saturated carbocycles. The topological polar surface area (TPSA) is 40.6 Å². The molecule has 0 fully saturated rings. The first-order valence-electron chi connectivity index (χ1n) is 5.14. The van der Waals surface area contributed by atoms with Crippen molar-refractivity contribution in [3.63, 3.8) is 0 Å². The molecule has 0 aromatic carbocycles. The van der Waals surface area contributed by atoms with Gasteiger partial charge in [-0.05, 0) is 20.8 Å². The van der Waals surface area contributed by atoms with E-state index in [0.29, 0.717) is 13.1 Å². The molecule has 5 heteroatoms. The predicted octanol–water partition coefficient (Wildman–Crippen LogP) is 0.632. The molecule has 88 valence electrons. The summed E-state index contributed by atoms with van der Waals surface area (Å²) in [5.41, 5.74) is 0. The summed E-state index contributed by atoms with van der Waals surface area (Å²) in [6, 6.07) is 0. The van der Waals surface area contributed by atoms with E-state index >= 15 is 0 Å². The molecule has 15 heavy (non-hydrogen) atoms. The number of carbonyl (C=O) groups is 2. The molecule has 0 aliphatic rings. The monoisotopic (exact) mass is 232 g/mol. The number of carbonyl (C=O) groups excluding carboxylic acids is 2. The highest BCUT2D eigenvalue weighted by Gasteiger charge is 2.18. The highest BCUT2D eigenvalue weighted by molar-refractivity contribution is 7.81. The summed E-state index contributed by atoms with van der Waals surface area (Å²) in [6.45, 7) is 7.02. The molecule has 0 aliphatic heterocycles. The van der Waals surface area contributed by atoms with E-state index in [1.54, 1.807) is 18.9 Å². The van der Waals surface area contributed by atoms with Crippen LogP contribution in [0.2, 0.25) is 0 Å². The molecule has 0 radical (unpaired) electrons. The van der Waals surface area contributed by atoms with Crippen LogP contribution in [0.1, 0.15) is 20.8 Å². The molecule has 0 aromatic rings. The molecule has 1 unspecified atom stereocenters. The molecule has 0 aliphatic carbocycles. The highest BCUT2D eigenvalue weighted by atomic mass is 32.1. The molecule has 1 atom stereocenters. The van der Waals surface area contributed by atoms with Gasteiger partial charge in [0.05, 0.1) is 11.8 Å². The Hall–Kier alpha value is -0.710. The summed E-state index contributed by atoms with van der Waals surface area (Å²) in [5, 5.41) is -0.362. The lowest BCUT2D eigenvalue weighted by atomic mass is 10.3. The van der Waals surface area contributed by atoms with E-state index in [1.807, 2.05) is 13.8 Å². The summed E-state index contributed by atoms with van der Waals surface area (Å²) < 4.78 is 0. The van der Waals surface area contributed by atoms with Gasteiger partial charge < -0.3 is 9.80 Å². The smallest absolute Gasteiger partial charge is 0.242 e. The number of thiol groups is 1. The van der Waals surface area contributed by atoms with Gasteiger partial charge in [-0.3, -0.25) is 9.59 Å². The molecule has 2 amide bonds. The third kappa shape index (κ3) is 4.55. The summed E-state index contributed by atoms with van der Waals surface area (Å²) in [7, 11) is 1.62. The van der Waals surface area contributed by atoms with E-state index in [9.17, 15) is 9.59 Å². The van der Waals surface area contributed by atoms with Gasteiger partial charge in [0.25, 0.3) is 0 Å². The Labute approximate surface area is 97.0 Å². The Morgan fingerprint density at radius 1 is 1.27 bits per heavy atom. The van der Waals surface area contributed by atoms with Crippen LogP contribution in [0.4, 0.5) is 0 Å². The van der Waals surface area contributed by atoms with Gasteiger partial charge in [-0.25, -0.2) is 0 Å². The van der Waals surface area contributed by atoms with Gasteiger partial charge >= 0.3 is 0 Å². The first-order chi connectivity index (χ1) is 6.93. The quantitative estimate of drug-likeness (QED) is 0.706. The normalized spacial score (nSPS) is 12.1. The van der Waals surface area contributed by atoms with Crippen LogP contribution >= 0.6 is 12.6 Å². The Bertz CT molecular complexity index is 227. The third-order valence-electron chi connectivity index (χ3n) is 2.22. The SMILES string of the molecule is CCN(CC)C(=O)CN(C)C(=O)C(C)S. The van der Waals surface area contributed by atoms with E-state index < -0.39 is 0 Å². The predicted molar refractivity (Wildman–Crippen MR) is 64.0 cm³/mol. The summed E-state index contributed by atoms with van der Waals surface area (Å²) in [4.78, 5) is 26.2. The number of nitrogens with zero attached hydrogens (tertiary/aromatic N) is 2. The Balaban J connectivity index is 4.23. The Morgan fingerprint density at radius 2 is 1.73 bits per heavy atom. The van der Waals surface area contributed by atoms with E-state index in [-0.39, 0.29) is 23.6 Å². The molecule has 0 bridgehead atoms. The zero-order valence-electron chi connectivity index (χ0n) is 9.86. The first-order valence-corrected chi connectivity index (χ1v) is 5.66. The average molecular weight is 232 g/mol. The Morgan fingerprint density at radius 3 is 2.07 bits per heavy atom. The molecule has 0 aromatic heterocycles. The third-order valence-corrected chi connectivity index (χ3v) is 2.44. The molecular formula is C10H20N2O2S. The largest absolute Gasteiger partial charge is 0.342 e. The second-order valence-electron chi connectivity index (χ2n) is 3.44. The standard InChI is InChI=1S/C10H20N2O2S/c1-5-12(6-2)9(13)7-11(4)10(14)8(3)15/h8,15H,5-7H2,1-4H3. The average Bonchev–Trinajstić information content (AvgIpc) is 2.18. The van der Waals surface area contributed by atoms with E-state index in [1.165, 1.54) is 4.90 Å². The van der Waals surface area contributed by atoms with Crippen LogP contribution in [0.5, 0.6) is 0 Å². The van der Waals surface area contributed by atoms with Crippen molar-refractivity contribution in [1.82, 2.24) is 9.80 Å². The maximum atomic E-state index is 11.6. The molecule has 0 spiro atoms. The lowest BCUT2D eigenvalue weighted by Crippen LogP contribution is -2.42. The fourth-order valence-corrected chi connectivity index (χ4v) is 1.47. The van der Waals surface area contributed by atoms with Crippen LogP contribution in [0.3, 0.4) is 0 Å². The van der Waals surface area contributed by atoms with Crippen LogP contribution in [0, 0.1) is 0 Å². The molecule has 0 rings (SSSR count). The maximum absolute atomic E-state index is 11.6. The number of amides is 2. The lowest BCUT2D eigenvalue weighted by molar-refractivity contribution is -0.138. The van der Waals surface area contributed by atoms with Crippen molar-refractivity contribution in [2.75, 3.05) is 26.7 Å². The van der Waals surface area contributed by atoms with Gasteiger partial charge in [-0.1, -0.05) is 0 Å².